The van der Waals surface area contributed by atoms with Crippen LogP contribution in [0.15, 0.2) is 23.8 Å². The van der Waals surface area contributed by atoms with Crippen molar-refractivity contribution in [2.45, 2.75) is 65.4 Å². The van der Waals surface area contributed by atoms with Gasteiger partial charge in [-0.15, -0.1) is 0 Å². The summed E-state index contributed by atoms with van der Waals surface area (Å²) in [5, 5.41) is 10.7. The Kier molecular flexibility index (Phi) is 4.81. The van der Waals surface area contributed by atoms with Crippen LogP contribution in [-0.2, 0) is 0 Å². The smallest absolute Gasteiger partial charge is 0.100 e. The van der Waals surface area contributed by atoms with Gasteiger partial charge < -0.3 is 5.11 Å². The lowest BCUT2D eigenvalue weighted by atomic mass is 9.89. The van der Waals surface area contributed by atoms with Crippen molar-refractivity contribution in [2.24, 2.45) is 0 Å². The molecule has 0 aliphatic heterocycles. The quantitative estimate of drug-likeness (QED) is 0.746. The SMILES string of the molecule is Cc1cc(C)c(C(O)/C2=C/CCCCCC2)cc1C. The molecule has 1 unspecified atom stereocenters. The van der Waals surface area contributed by atoms with E-state index in [1.807, 2.05) is 0 Å². The molecule has 19 heavy (non-hydrogen) atoms. The highest BCUT2D eigenvalue weighted by Crippen LogP contribution is 2.31. The minimum absolute atomic E-state index is 0.405. The molecule has 0 heterocycles. The van der Waals surface area contributed by atoms with Crippen LogP contribution < -0.4 is 0 Å². The molecule has 1 heteroatoms. The molecule has 0 radical (unpaired) electrons. The Balaban J connectivity index is 2.27. The summed E-state index contributed by atoms with van der Waals surface area (Å²) in [6.07, 6.45) is 9.16. The van der Waals surface area contributed by atoms with E-state index < -0.39 is 6.10 Å². The summed E-state index contributed by atoms with van der Waals surface area (Å²) in [5.74, 6) is 0. The fraction of sp³-hybridized carbons (Fsp3) is 0.556. The third-order valence-corrected chi connectivity index (χ3v) is 4.35. The van der Waals surface area contributed by atoms with Crippen LogP contribution in [0.2, 0.25) is 0 Å². The molecule has 1 nitrogen and oxygen atoms in total. The Morgan fingerprint density at radius 3 is 2.37 bits per heavy atom. The molecule has 1 aromatic carbocycles. The highest BCUT2D eigenvalue weighted by atomic mass is 16.3. The highest BCUT2D eigenvalue weighted by molar-refractivity contribution is 5.40. The second kappa shape index (κ2) is 6.38. The zero-order valence-electron chi connectivity index (χ0n) is 12.5. The summed E-state index contributed by atoms with van der Waals surface area (Å²) >= 11 is 0. The zero-order valence-corrected chi connectivity index (χ0v) is 12.5. The molecule has 1 N–H and O–H groups in total. The van der Waals surface area contributed by atoms with E-state index in [0.717, 1.165) is 18.4 Å². The molecule has 2 rings (SSSR count). The molecule has 104 valence electrons. The number of aliphatic hydroxyl groups is 1. The van der Waals surface area contributed by atoms with E-state index in [-0.39, 0.29) is 0 Å². The van der Waals surface area contributed by atoms with Gasteiger partial charge in [0.1, 0.15) is 6.10 Å². The van der Waals surface area contributed by atoms with Gasteiger partial charge in [0, 0.05) is 0 Å². The molecule has 0 saturated heterocycles. The van der Waals surface area contributed by atoms with Crippen molar-refractivity contribution in [1.29, 1.82) is 0 Å². The van der Waals surface area contributed by atoms with Crippen molar-refractivity contribution in [2.75, 3.05) is 0 Å². The Bertz CT molecular complexity index is 471. The number of allylic oxidation sites excluding steroid dienone is 1. The van der Waals surface area contributed by atoms with Crippen LogP contribution in [-0.4, -0.2) is 5.11 Å². The standard InChI is InChI=1S/C18H26O/c1-13-11-15(3)17(12-14(13)2)18(19)16-9-7-5-4-6-8-10-16/h9,11-12,18-19H,4-8,10H2,1-3H3/b16-9+. The minimum atomic E-state index is -0.405. The lowest BCUT2D eigenvalue weighted by molar-refractivity contribution is 0.208. The lowest BCUT2D eigenvalue weighted by Gasteiger charge is -2.20. The Morgan fingerprint density at radius 2 is 1.58 bits per heavy atom. The maximum Gasteiger partial charge on any atom is 0.100 e. The normalized spacial score (nSPS) is 21.2. The Hall–Kier alpha value is -1.08. The molecule has 1 aliphatic rings. The molecule has 0 spiro atoms. The molecule has 0 aromatic heterocycles. The first-order chi connectivity index (χ1) is 9.09. The van der Waals surface area contributed by atoms with Crippen LogP contribution >= 0.6 is 0 Å². The van der Waals surface area contributed by atoms with Gasteiger partial charge in [-0.25, -0.2) is 0 Å². The summed E-state index contributed by atoms with van der Waals surface area (Å²) in [4.78, 5) is 0. The maximum absolute atomic E-state index is 10.7. The first kappa shape index (κ1) is 14.3. The van der Waals surface area contributed by atoms with E-state index in [1.54, 1.807) is 0 Å². The highest BCUT2D eigenvalue weighted by Gasteiger charge is 2.17. The van der Waals surface area contributed by atoms with Gasteiger partial charge in [-0.1, -0.05) is 31.1 Å². The third-order valence-electron chi connectivity index (χ3n) is 4.35. The fourth-order valence-corrected chi connectivity index (χ4v) is 2.94. The number of hydrogen-bond donors (Lipinski definition) is 1. The first-order valence-corrected chi connectivity index (χ1v) is 7.54. The Labute approximate surface area is 117 Å². The van der Waals surface area contributed by atoms with Crippen LogP contribution in [0.25, 0.3) is 0 Å². The summed E-state index contributed by atoms with van der Waals surface area (Å²) < 4.78 is 0. The average Bonchev–Trinajstić information content (AvgIpc) is 2.32. The van der Waals surface area contributed by atoms with E-state index in [0.29, 0.717) is 0 Å². The number of rotatable bonds is 2. The van der Waals surface area contributed by atoms with Crippen LogP contribution in [0.4, 0.5) is 0 Å². The number of hydrogen-bond acceptors (Lipinski definition) is 1. The van der Waals surface area contributed by atoms with Crippen molar-refractivity contribution in [3.05, 3.63) is 46.0 Å². The van der Waals surface area contributed by atoms with Crippen LogP contribution in [0.3, 0.4) is 0 Å². The minimum Gasteiger partial charge on any atom is -0.384 e. The number of benzene rings is 1. The van der Waals surface area contributed by atoms with Gasteiger partial charge >= 0.3 is 0 Å². The molecule has 1 aliphatic carbocycles. The monoisotopic (exact) mass is 258 g/mol. The summed E-state index contributed by atoms with van der Waals surface area (Å²) in [7, 11) is 0. The zero-order chi connectivity index (χ0) is 13.8. The molecule has 0 bridgehead atoms. The van der Waals surface area contributed by atoms with Crippen molar-refractivity contribution in [3.63, 3.8) is 0 Å². The topological polar surface area (TPSA) is 20.2 Å². The van der Waals surface area contributed by atoms with Gasteiger partial charge in [0.15, 0.2) is 0 Å². The second-order valence-electron chi connectivity index (χ2n) is 5.93. The van der Waals surface area contributed by atoms with Crippen molar-refractivity contribution < 1.29 is 5.11 Å². The predicted molar refractivity (Wildman–Crippen MR) is 81.4 cm³/mol. The van der Waals surface area contributed by atoms with Gasteiger partial charge in [-0.3, -0.25) is 0 Å². The molecular formula is C18H26O. The molecule has 0 saturated carbocycles. The van der Waals surface area contributed by atoms with Crippen LogP contribution in [0, 0.1) is 20.8 Å². The van der Waals surface area contributed by atoms with Crippen LogP contribution in [0.5, 0.6) is 0 Å². The van der Waals surface area contributed by atoms with Gasteiger partial charge in [-0.2, -0.15) is 0 Å². The van der Waals surface area contributed by atoms with E-state index in [1.165, 1.54) is 47.9 Å². The largest absolute Gasteiger partial charge is 0.384 e. The van der Waals surface area contributed by atoms with Crippen molar-refractivity contribution in [3.8, 4) is 0 Å². The van der Waals surface area contributed by atoms with Crippen molar-refractivity contribution >= 4 is 0 Å². The fourth-order valence-electron chi connectivity index (χ4n) is 2.94. The predicted octanol–water partition coefficient (Wildman–Crippen LogP) is 4.93. The third kappa shape index (κ3) is 3.48. The summed E-state index contributed by atoms with van der Waals surface area (Å²) in [6.45, 7) is 6.36. The molecule has 1 aromatic rings. The van der Waals surface area contributed by atoms with E-state index >= 15 is 0 Å². The summed E-state index contributed by atoms with van der Waals surface area (Å²) in [5.41, 5.74) is 6.10. The van der Waals surface area contributed by atoms with Gasteiger partial charge in [-0.05, 0) is 74.3 Å². The van der Waals surface area contributed by atoms with Gasteiger partial charge in [0.05, 0.1) is 0 Å². The average molecular weight is 258 g/mol. The van der Waals surface area contributed by atoms with E-state index in [4.69, 9.17) is 0 Å². The number of aliphatic hydroxyl groups excluding tert-OH is 1. The van der Waals surface area contributed by atoms with E-state index in [2.05, 4.69) is 39.0 Å². The molecule has 0 amide bonds. The Morgan fingerprint density at radius 1 is 0.895 bits per heavy atom. The molecular weight excluding hydrogens is 232 g/mol. The lowest BCUT2D eigenvalue weighted by Crippen LogP contribution is -2.06. The van der Waals surface area contributed by atoms with Gasteiger partial charge in [0.25, 0.3) is 0 Å². The first-order valence-electron chi connectivity index (χ1n) is 7.54. The van der Waals surface area contributed by atoms with Crippen LogP contribution in [0.1, 0.15) is 66.9 Å². The molecule has 0 fully saturated rings. The summed E-state index contributed by atoms with van der Waals surface area (Å²) in [6, 6.07) is 4.35. The van der Waals surface area contributed by atoms with E-state index in [9.17, 15) is 5.11 Å². The van der Waals surface area contributed by atoms with Crippen molar-refractivity contribution in [1.82, 2.24) is 0 Å². The van der Waals surface area contributed by atoms with Gasteiger partial charge in [0.2, 0.25) is 0 Å². The molecule has 1 atom stereocenters. The number of aryl methyl sites for hydroxylation is 3. The maximum atomic E-state index is 10.7. The second-order valence-corrected chi connectivity index (χ2v) is 5.93.